The zero-order chi connectivity index (χ0) is 20.8. The summed E-state index contributed by atoms with van der Waals surface area (Å²) in [4.78, 5) is 16.9. The van der Waals surface area contributed by atoms with Gasteiger partial charge in [-0.05, 0) is 42.5 Å². The number of nitrogens with zero attached hydrogens (tertiary/aromatic N) is 2. The topological polar surface area (TPSA) is 85.3 Å². The first-order valence-electron chi connectivity index (χ1n) is 9.52. The summed E-state index contributed by atoms with van der Waals surface area (Å²) < 4.78 is 5.30. The van der Waals surface area contributed by atoms with Crippen LogP contribution in [0.4, 0.5) is 11.4 Å². The van der Waals surface area contributed by atoms with Gasteiger partial charge in [-0.3, -0.25) is 4.79 Å². The molecule has 156 valence electrons. The fraction of sp³-hybridized carbons (Fsp3) is 0.381. The molecule has 0 saturated carbocycles. The zero-order valence-electron chi connectivity index (χ0n) is 16.3. The van der Waals surface area contributed by atoms with E-state index >= 15 is 0 Å². The number of rotatable bonds is 7. The third-order valence-corrected chi connectivity index (χ3v) is 5.18. The second-order valence-corrected chi connectivity index (χ2v) is 7.32. The number of benzene rings is 2. The van der Waals surface area contributed by atoms with E-state index in [1.807, 2.05) is 29.2 Å². The Morgan fingerprint density at radius 1 is 1.17 bits per heavy atom. The number of carbonyl (C=O) groups excluding carboxylic acids is 1. The molecule has 29 heavy (non-hydrogen) atoms. The molecule has 1 fully saturated rings. The van der Waals surface area contributed by atoms with Crippen LogP contribution >= 0.6 is 11.6 Å². The van der Waals surface area contributed by atoms with E-state index in [2.05, 4.69) is 10.2 Å². The van der Waals surface area contributed by atoms with Crippen molar-refractivity contribution in [2.75, 3.05) is 56.7 Å². The summed E-state index contributed by atoms with van der Waals surface area (Å²) in [7, 11) is 1.54. The van der Waals surface area contributed by atoms with Gasteiger partial charge in [0.1, 0.15) is 5.75 Å². The molecule has 0 radical (unpaired) electrons. The van der Waals surface area contributed by atoms with E-state index in [0.717, 1.165) is 24.5 Å². The lowest BCUT2D eigenvalue weighted by molar-refractivity contribution is 0.0743. The molecular formula is C21H26ClN3O4. The van der Waals surface area contributed by atoms with Crippen molar-refractivity contribution in [1.29, 1.82) is 0 Å². The Balaban J connectivity index is 1.58. The van der Waals surface area contributed by atoms with Gasteiger partial charge in [-0.25, -0.2) is 0 Å². The van der Waals surface area contributed by atoms with Gasteiger partial charge in [-0.15, -0.1) is 0 Å². The molecule has 0 bridgehead atoms. The highest BCUT2D eigenvalue weighted by molar-refractivity contribution is 6.31. The molecule has 2 aromatic rings. The normalized spacial score (nSPS) is 15.2. The summed E-state index contributed by atoms with van der Waals surface area (Å²) in [6.45, 7) is 2.70. The fourth-order valence-corrected chi connectivity index (χ4v) is 3.45. The maximum Gasteiger partial charge on any atom is 0.257 e. The van der Waals surface area contributed by atoms with Gasteiger partial charge in [0.2, 0.25) is 0 Å². The zero-order valence-corrected chi connectivity index (χ0v) is 17.1. The Morgan fingerprint density at radius 2 is 1.86 bits per heavy atom. The van der Waals surface area contributed by atoms with E-state index in [1.165, 1.54) is 0 Å². The van der Waals surface area contributed by atoms with E-state index in [4.69, 9.17) is 21.4 Å². The van der Waals surface area contributed by atoms with E-state index < -0.39 is 6.10 Å². The molecule has 8 heteroatoms. The quantitative estimate of drug-likeness (QED) is 0.637. The number of hydrogen-bond acceptors (Lipinski definition) is 6. The first kappa shape index (κ1) is 21.2. The number of ether oxygens (including phenoxy) is 1. The van der Waals surface area contributed by atoms with E-state index in [1.54, 1.807) is 25.3 Å². The van der Waals surface area contributed by atoms with E-state index in [0.29, 0.717) is 36.0 Å². The number of aliphatic hydroxyl groups excluding tert-OH is 2. The van der Waals surface area contributed by atoms with Crippen molar-refractivity contribution in [2.45, 2.75) is 6.10 Å². The van der Waals surface area contributed by atoms with Crippen molar-refractivity contribution in [3.05, 3.63) is 53.1 Å². The van der Waals surface area contributed by atoms with Crippen molar-refractivity contribution >= 4 is 28.9 Å². The molecule has 3 N–H and O–H groups in total. The van der Waals surface area contributed by atoms with Gasteiger partial charge in [0, 0.05) is 49.1 Å². The average molecular weight is 420 g/mol. The van der Waals surface area contributed by atoms with Gasteiger partial charge >= 0.3 is 0 Å². The highest BCUT2D eigenvalue weighted by Gasteiger charge is 2.24. The van der Waals surface area contributed by atoms with Crippen LogP contribution in [-0.2, 0) is 0 Å². The molecule has 1 heterocycles. The van der Waals surface area contributed by atoms with Crippen LogP contribution in [0.15, 0.2) is 42.5 Å². The average Bonchev–Trinajstić information content (AvgIpc) is 2.77. The van der Waals surface area contributed by atoms with Gasteiger partial charge in [0.25, 0.3) is 5.91 Å². The lowest BCUT2D eigenvalue weighted by Gasteiger charge is -2.36. The number of anilines is 2. The maximum absolute atomic E-state index is 12.9. The molecule has 1 aliphatic heterocycles. The Kier molecular flexibility index (Phi) is 7.19. The minimum Gasteiger partial charge on any atom is -0.496 e. The Bertz CT molecular complexity index is 823. The van der Waals surface area contributed by atoms with Gasteiger partial charge < -0.3 is 30.1 Å². The molecule has 0 spiro atoms. The number of nitrogens with one attached hydrogen (secondary N) is 1. The third-order valence-electron chi connectivity index (χ3n) is 4.94. The number of hydrogen-bond donors (Lipinski definition) is 3. The first-order valence-corrected chi connectivity index (χ1v) is 9.90. The predicted molar refractivity (Wildman–Crippen MR) is 114 cm³/mol. The minimum atomic E-state index is -0.779. The molecule has 0 aliphatic carbocycles. The van der Waals surface area contributed by atoms with Crippen LogP contribution in [0.2, 0.25) is 5.02 Å². The van der Waals surface area contributed by atoms with Gasteiger partial charge in [0.15, 0.2) is 0 Å². The SMILES string of the molecule is COc1ccc(Cl)cc1C(=O)N1CCN(c2ccc(NCC(O)CO)cc2)CC1. The van der Waals surface area contributed by atoms with Gasteiger partial charge in [-0.2, -0.15) is 0 Å². The smallest absolute Gasteiger partial charge is 0.257 e. The highest BCUT2D eigenvalue weighted by atomic mass is 35.5. The monoisotopic (exact) mass is 419 g/mol. The Labute approximate surface area is 175 Å². The molecule has 1 unspecified atom stereocenters. The molecule has 0 aromatic heterocycles. The van der Waals surface area contributed by atoms with Crippen LogP contribution in [0.3, 0.4) is 0 Å². The number of halogens is 1. The molecule has 1 atom stereocenters. The summed E-state index contributed by atoms with van der Waals surface area (Å²) in [5, 5.41) is 21.9. The molecule has 3 rings (SSSR count). The number of aliphatic hydroxyl groups is 2. The summed E-state index contributed by atoms with van der Waals surface area (Å²) >= 11 is 6.05. The van der Waals surface area contributed by atoms with Crippen LogP contribution in [0.1, 0.15) is 10.4 Å². The predicted octanol–water partition coefficient (Wildman–Crippen LogP) is 2.08. The highest BCUT2D eigenvalue weighted by Crippen LogP contribution is 2.25. The van der Waals surface area contributed by atoms with Crippen molar-refractivity contribution < 1.29 is 19.7 Å². The van der Waals surface area contributed by atoms with Gasteiger partial charge in [0.05, 0.1) is 25.4 Å². The second-order valence-electron chi connectivity index (χ2n) is 6.89. The van der Waals surface area contributed by atoms with Crippen LogP contribution in [0, 0.1) is 0 Å². The summed E-state index contributed by atoms with van der Waals surface area (Å²) in [6, 6.07) is 12.9. The Morgan fingerprint density at radius 3 is 2.48 bits per heavy atom. The number of amides is 1. The molecule has 7 nitrogen and oxygen atoms in total. The first-order chi connectivity index (χ1) is 14.0. The standard InChI is InChI=1S/C21H26ClN3O4/c1-29-20-7-2-15(22)12-19(20)21(28)25-10-8-24(9-11-25)17-5-3-16(4-6-17)23-13-18(27)14-26/h2-7,12,18,23,26-27H,8-11,13-14H2,1H3. The third kappa shape index (κ3) is 5.32. The molecule has 1 aliphatic rings. The fourth-order valence-electron chi connectivity index (χ4n) is 3.28. The summed E-state index contributed by atoms with van der Waals surface area (Å²) in [5.41, 5.74) is 2.43. The maximum atomic E-state index is 12.9. The van der Waals surface area contributed by atoms with Crippen LogP contribution in [0.5, 0.6) is 5.75 Å². The number of carbonyl (C=O) groups is 1. The molecule has 1 saturated heterocycles. The second kappa shape index (κ2) is 9.82. The number of methoxy groups -OCH3 is 1. The molecule has 2 aromatic carbocycles. The molecular weight excluding hydrogens is 394 g/mol. The number of piperazine rings is 1. The molecule has 1 amide bonds. The Hall–Kier alpha value is -2.48. The van der Waals surface area contributed by atoms with Crippen molar-refractivity contribution in [3.63, 3.8) is 0 Å². The van der Waals surface area contributed by atoms with Crippen LogP contribution in [0.25, 0.3) is 0 Å². The van der Waals surface area contributed by atoms with Crippen molar-refractivity contribution in [3.8, 4) is 5.75 Å². The lowest BCUT2D eigenvalue weighted by atomic mass is 10.1. The largest absolute Gasteiger partial charge is 0.496 e. The van der Waals surface area contributed by atoms with Crippen LogP contribution in [-0.4, -0.2) is 73.6 Å². The van der Waals surface area contributed by atoms with Crippen LogP contribution < -0.4 is 15.0 Å². The van der Waals surface area contributed by atoms with E-state index in [9.17, 15) is 9.90 Å². The van der Waals surface area contributed by atoms with Crippen molar-refractivity contribution in [1.82, 2.24) is 4.90 Å². The van der Waals surface area contributed by atoms with Gasteiger partial charge in [-0.1, -0.05) is 11.6 Å². The summed E-state index contributed by atoms with van der Waals surface area (Å²) in [5.74, 6) is 0.447. The van der Waals surface area contributed by atoms with E-state index in [-0.39, 0.29) is 12.5 Å². The van der Waals surface area contributed by atoms with Crippen molar-refractivity contribution in [2.24, 2.45) is 0 Å². The lowest BCUT2D eigenvalue weighted by Crippen LogP contribution is -2.48. The summed E-state index contributed by atoms with van der Waals surface area (Å²) in [6.07, 6.45) is -0.779. The minimum absolute atomic E-state index is 0.0778.